The van der Waals surface area contributed by atoms with Crippen LogP contribution in [0.5, 0.6) is 0 Å². The Bertz CT molecular complexity index is 396. The zero-order valence-electron chi connectivity index (χ0n) is 17.3. The molecule has 0 spiro atoms. The summed E-state index contributed by atoms with van der Waals surface area (Å²) in [7, 11) is 0. The van der Waals surface area contributed by atoms with Gasteiger partial charge in [-0.1, -0.05) is 71.1 Å². The van der Waals surface area contributed by atoms with Crippen LogP contribution < -0.4 is 0 Å². The van der Waals surface area contributed by atoms with E-state index in [1.165, 1.54) is 51.4 Å². The second kappa shape index (κ2) is 15.9. The minimum absolute atomic E-state index is 0.0309. The number of aliphatic hydroxyl groups is 1. The Morgan fingerprint density at radius 2 is 1.26 bits per heavy atom. The lowest BCUT2D eigenvalue weighted by molar-refractivity contribution is -0.155. The van der Waals surface area contributed by atoms with Crippen LogP contribution in [0, 0.1) is 11.8 Å². The average molecular weight is 385 g/mol. The molecule has 2 atom stereocenters. The maximum absolute atomic E-state index is 12.2. The van der Waals surface area contributed by atoms with E-state index >= 15 is 0 Å². The van der Waals surface area contributed by atoms with Crippen LogP contribution in [0.25, 0.3) is 0 Å². The van der Waals surface area contributed by atoms with Gasteiger partial charge in [0.15, 0.2) is 0 Å². The number of esters is 2. The molecule has 0 aromatic carbocycles. The summed E-state index contributed by atoms with van der Waals surface area (Å²) >= 11 is 0. The summed E-state index contributed by atoms with van der Waals surface area (Å²) in [6.45, 7) is 2.60. The lowest BCUT2D eigenvalue weighted by Crippen LogP contribution is -2.30. The molecular formula is C22H40O5. The van der Waals surface area contributed by atoms with Gasteiger partial charge in [0.2, 0.25) is 0 Å². The monoisotopic (exact) mass is 384 g/mol. The van der Waals surface area contributed by atoms with E-state index < -0.39 is 0 Å². The Hall–Kier alpha value is -1.10. The van der Waals surface area contributed by atoms with E-state index in [1.54, 1.807) is 0 Å². The Kier molecular flexibility index (Phi) is 14.1. The fourth-order valence-corrected chi connectivity index (χ4v) is 3.76. The van der Waals surface area contributed by atoms with E-state index in [9.17, 15) is 9.59 Å². The number of unbranched alkanes of at least 4 members (excludes halogenated alkanes) is 9. The highest BCUT2D eigenvalue weighted by Crippen LogP contribution is 2.30. The SMILES string of the molecule is CCCCCCCCCCCCOC(=O)C1CCCC(C(=O)OCCO)C1. The van der Waals surface area contributed by atoms with E-state index in [1.807, 2.05) is 0 Å². The smallest absolute Gasteiger partial charge is 0.309 e. The second-order valence-electron chi connectivity index (χ2n) is 7.80. The Labute approximate surface area is 165 Å². The van der Waals surface area contributed by atoms with Gasteiger partial charge in [-0.15, -0.1) is 0 Å². The number of carbonyl (C=O) groups is 2. The lowest BCUT2D eigenvalue weighted by atomic mass is 9.81. The van der Waals surface area contributed by atoms with E-state index in [2.05, 4.69) is 6.92 Å². The highest BCUT2D eigenvalue weighted by molar-refractivity contribution is 5.76. The third kappa shape index (κ3) is 11.4. The van der Waals surface area contributed by atoms with E-state index in [0.717, 1.165) is 32.1 Å². The maximum atomic E-state index is 12.2. The van der Waals surface area contributed by atoms with Crippen LogP contribution in [0.2, 0.25) is 0 Å². The van der Waals surface area contributed by atoms with Crippen molar-refractivity contribution in [3.8, 4) is 0 Å². The highest BCUT2D eigenvalue weighted by atomic mass is 16.5. The molecule has 5 nitrogen and oxygen atoms in total. The summed E-state index contributed by atoms with van der Waals surface area (Å²) in [5.74, 6) is -0.879. The van der Waals surface area contributed by atoms with Gasteiger partial charge in [-0.25, -0.2) is 0 Å². The lowest BCUT2D eigenvalue weighted by Gasteiger charge is -2.26. The molecule has 0 amide bonds. The van der Waals surface area contributed by atoms with Crippen LogP contribution >= 0.6 is 0 Å². The Morgan fingerprint density at radius 1 is 0.778 bits per heavy atom. The summed E-state index contributed by atoms with van der Waals surface area (Å²) in [5.41, 5.74) is 0. The predicted molar refractivity (Wildman–Crippen MR) is 106 cm³/mol. The quantitative estimate of drug-likeness (QED) is 0.324. The van der Waals surface area contributed by atoms with Crippen molar-refractivity contribution in [2.75, 3.05) is 19.8 Å². The van der Waals surface area contributed by atoms with E-state index in [-0.39, 0.29) is 37.0 Å². The molecule has 0 heterocycles. The zero-order valence-corrected chi connectivity index (χ0v) is 17.3. The molecule has 0 aliphatic heterocycles. The van der Waals surface area contributed by atoms with Crippen molar-refractivity contribution in [1.29, 1.82) is 0 Å². The summed E-state index contributed by atoms with van der Waals surface area (Å²) in [6.07, 6.45) is 15.5. The first-order valence-electron chi connectivity index (χ1n) is 11.1. The number of hydrogen-bond acceptors (Lipinski definition) is 5. The molecule has 0 radical (unpaired) electrons. The van der Waals surface area contributed by atoms with Crippen LogP contribution in [0.1, 0.15) is 96.8 Å². The maximum Gasteiger partial charge on any atom is 0.309 e. The van der Waals surface area contributed by atoms with E-state index in [4.69, 9.17) is 14.6 Å². The summed E-state index contributed by atoms with van der Waals surface area (Å²) in [5, 5.41) is 8.73. The van der Waals surface area contributed by atoms with Crippen molar-refractivity contribution in [3.05, 3.63) is 0 Å². The molecule has 27 heavy (non-hydrogen) atoms. The molecule has 1 saturated carbocycles. The molecule has 1 fully saturated rings. The van der Waals surface area contributed by atoms with Crippen molar-refractivity contribution in [2.45, 2.75) is 96.8 Å². The van der Waals surface area contributed by atoms with Crippen molar-refractivity contribution < 1.29 is 24.2 Å². The number of carbonyl (C=O) groups excluding carboxylic acids is 2. The van der Waals surface area contributed by atoms with Crippen molar-refractivity contribution in [1.82, 2.24) is 0 Å². The minimum atomic E-state index is -0.295. The summed E-state index contributed by atoms with van der Waals surface area (Å²) in [6, 6.07) is 0. The molecule has 1 N–H and O–H groups in total. The van der Waals surface area contributed by atoms with E-state index in [0.29, 0.717) is 13.0 Å². The first kappa shape index (κ1) is 23.9. The third-order valence-electron chi connectivity index (χ3n) is 5.42. The van der Waals surface area contributed by atoms with Crippen LogP contribution in [0.4, 0.5) is 0 Å². The molecule has 2 unspecified atom stereocenters. The Morgan fingerprint density at radius 3 is 1.78 bits per heavy atom. The van der Waals surface area contributed by atoms with Crippen LogP contribution in [-0.2, 0) is 19.1 Å². The zero-order chi connectivity index (χ0) is 19.7. The van der Waals surface area contributed by atoms with Crippen LogP contribution in [0.15, 0.2) is 0 Å². The van der Waals surface area contributed by atoms with Crippen LogP contribution in [-0.4, -0.2) is 36.9 Å². The van der Waals surface area contributed by atoms with Gasteiger partial charge >= 0.3 is 11.9 Å². The first-order chi connectivity index (χ1) is 13.2. The normalized spacial score (nSPS) is 19.6. The topological polar surface area (TPSA) is 72.8 Å². The average Bonchev–Trinajstić information content (AvgIpc) is 2.70. The van der Waals surface area contributed by atoms with Gasteiger partial charge in [-0.3, -0.25) is 9.59 Å². The number of aliphatic hydroxyl groups excluding tert-OH is 1. The standard InChI is InChI=1S/C22H40O5/c1-2-3-4-5-6-7-8-9-10-11-16-26-21(24)19-13-12-14-20(18-19)22(25)27-17-15-23/h19-20,23H,2-18H2,1H3. The van der Waals surface area contributed by atoms with Crippen molar-refractivity contribution in [2.24, 2.45) is 11.8 Å². The summed E-state index contributed by atoms with van der Waals surface area (Å²) < 4.78 is 10.4. The van der Waals surface area contributed by atoms with Gasteiger partial charge in [-0.2, -0.15) is 0 Å². The van der Waals surface area contributed by atoms with Gasteiger partial charge < -0.3 is 14.6 Å². The fourth-order valence-electron chi connectivity index (χ4n) is 3.76. The second-order valence-corrected chi connectivity index (χ2v) is 7.80. The molecule has 0 saturated heterocycles. The first-order valence-corrected chi connectivity index (χ1v) is 11.1. The van der Waals surface area contributed by atoms with Crippen molar-refractivity contribution in [3.63, 3.8) is 0 Å². The molecule has 5 heteroatoms. The fraction of sp³-hybridized carbons (Fsp3) is 0.909. The van der Waals surface area contributed by atoms with Gasteiger partial charge in [-0.05, 0) is 25.7 Å². The minimum Gasteiger partial charge on any atom is -0.465 e. The van der Waals surface area contributed by atoms with Gasteiger partial charge in [0.25, 0.3) is 0 Å². The molecule has 1 aliphatic rings. The molecule has 0 aromatic rings. The number of ether oxygens (including phenoxy) is 2. The molecule has 1 aliphatic carbocycles. The van der Waals surface area contributed by atoms with Gasteiger partial charge in [0, 0.05) is 0 Å². The number of hydrogen-bond donors (Lipinski definition) is 1. The highest BCUT2D eigenvalue weighted by Gasteiger charge is 2.32. The van der Waals surface area contributed by atoms with Crippen LogP contribution in [0.3, 0.4) is 0 Å². The summed E-state index contributed by atoms with van der Waals surface area (Å²) in [4.78, 5) is 24.1. The third-order valence-corrected chi connectivity index (χ3v) is 5.42. The molecule has 158 valence electrons. The molecular weight excluding hydrogens is 344 g/mol. The predicted octanol–water partition coefficient (Wildman–Crippen LogP) is 4.79. The largest absolute Gasteiger partial charge is 0.465 e. The number of rotatable bonds is 15. The van der Waals surface area contributed by atoms with Gasteiger partial charge in [0.05, 0.1) is 25.0 Å². The Balaban J connectivity index is 2.03. The molecule has 0 aromatic heterocycles. The van der Waals surface area contributed by atoms with Crippen molar-refractivity contribution >= 4 is 11.9 Å². The molecule has 1 rings (SSSR count). The molecule has 0 bridgehead atoms. The van der Waals surface area contributed by atoms with Gasteiger partial charge in [0.1, 0.15) is 6.61 Å².